The fourth-order valence-corrected chi connectivity index (χ4v) is 1.68. The van der Waals surface area contributed by atoms with Gasteiger partial charge in [-0.2, -0.15) is 0 Å². The van der Waals surface area contributed by atoms with E-state index in [-0.39, 0.29) is 0 Å². The Balaban J connectivity index is 2.02. The van der Waals surface area contributed by atoms with Gasteiger partial charge in [-0.25, -0.2) is 0 Å². The van der Waals surface area contributed by atoms with E-state index in [1.54, 1.807) is 0 Å². The maximum absolute atomic E-state index is 5.72. The molecule has 1 fully saturated rings. The molecule has 2 N–H and O–H groups in total. The number of amidine groups is 1. The van der Waals surface area contributed by atoms with Gasteiger partial charge < -0.3 is 10.5 Å². The second-order valence-electron chi connectivity index (χ2n) is 3.93. The highest BCUT2D eigenvalue weighted by Gasteiger charge is 2.08. The zero-order valence-corrected chi connectivity index (χ0v) is 9.74. The Morgan fingerprint density at radius 3 is 2.80 bits per heavy atom. The molecule has 0 saturated carbocycles. The molecule has 0 atom stereocenters. The van der Waals surface area contributed by atoms with Crippen molar-refractivity contribution in [2.75, 3.05) is 39.4 Å². The first kappa shape index (κ1) is 12.5. The van der Waals surface area contributed by atoms with Crippen LogP contribution in [-0.4, -0.2) is 50.1 Å². The number of aliphatic imine (C=N–C) groups is 1. The van der Waals surface area contributed by atoms with Crippen molar-refractivity contribution in [3.05, 3.63) is 0 Å². The van der Waals surface area contributed by atoms with Crippen molar-refractivity contribution in [2.24, 2.45) is 10.7 Å². The van der Waals surface area contributed by atoms with Gasteiger partial charge in [0, 0.05) is 32.6 Å². The molecule has 0 spiro atoms. The lowest BCUT2D eigenvalue weighted by Gasteiger charge is -2.26. The van der Waals surface area contributed by atoms with Gasteiger partial charge in [0.05, 0.1) is 19.0 Å². The van der Waals surface area contributed by atoms with Crippen LogP contribution in [0.25, 0.3) is 0 Å². The van der Waals surface area contributed by atoms with E-state index in [0.717, 1.165) is 64.5 Å². The number of morpholine rings is 1. The average molecular weight is 213 g/mol. The van der Waals surface area contributed by atoms with Crippen molar-refractivity contribution in [3.63, 3.8) is 0 Å². The zero-order valence-electron chi connectivity index (χ0n) is 9.74. The third kappa shape index (κ3) is 5.74. The zero-order chi connectivity index (χ0) is 10.9. The van der Waals surface area contributed by atoms with Gasteiger partial charge in [0.25, 0.3) is 0 Å². The SMILES string of the molecule is CCCC(N)=NCCCN1CCOCC1. The van der Waals surface area contributed by atoms with E-state index in [0.29, 0.717) is 0 Å². The summed E-state index contributed by atoms with van der Waals surface area (Å²) >= 11 is 0. The Morgan fingerprint density at radius 2 is 2.13 bits per heavy atom. The second-order valence-corrected chi connectivity index (χ2v) is 3.93. The summed E-state index contributed by atoms with van der Waals surface area (Å²) in [6.07, 6.45) is 3.11. The molecular formula is C11H23N3O. The molecule has 4 nitrogen and oxygen atoms in total. The molecule has 88 valence electrons. The second kappa shape index (κ2) is 7.65. The number of nitrogens with zero attached hydrogens (tertiary/aromatic N) is 2. The third-order valence-electron chi connectivity index (χ3n) is 2.56. The Morgan fingerprint density at radius 1 is 1.40 bits per heavy atom. The van der Waals surface area contributed by atoms with Crippen molar-refractivity contribution >= 4 is 5.84 Å². The van der Waals surface area contributed by atoms with Crippen molar-refractivity contribution in [2.45, 2.75) is 26.2 Å². The van der Waals surface area contributed by atoms with E-state index in [1.807, 2.05) is 0 Å². The van der Waals surface area contributed by atoms with E-state index >= 15 is 0 Å². The minimum Gasteiger partial charge on any atom is -0.387 e. The average Bonchev–Trinajstić information content (AvgIpc) is 2.26. The largest absolute Gasteiger partial charge is 0.387 e. The van der Waals surface area contributed by atoms with Crippen molar-refractivity contribution in [1.82, 2.24) is 4.90 Å². The number of nitrogens with two attached hydrogens (primary N) is 1. The minimum absolute atomic E-state index is 0.805. The van der Waals surface area contributed by atoms with Crippen LogP contribution >= 0.6 is 0 Å². The maximum Gasteiger partial charge on any atom is 0.0936 e. The van der Waals surface area contributed by atoms with Crippen molar-refractivity contribution < 1.29 is 4.74 Å². The van der Waals surface area contributed by atoms with Crippen LogP contribution in [0.3, 0.4) is 0 Å². The molecule has 0 amide bonds. The first-order chi connectivity index (χ1) is 7.33. The monoisotopic (exact) mass is 213 g/mol. The molecule has 15 heavy (non-hydrogen) atoms. The molecule has 4 heteroatoms. The van der Waals surface area contributed by atoms with Crippen LogP contribution < -0.4 is 5.73 Å². The van der Waals surface area contributed by atoms with E-state index in [4.69, 9.17) is 10.5 Å². The van der Waals surface area contributed by atoms with Crippen LogP contribution in [-0.2, 0) is 4.74 Å². The van der Waals surface area contributed by atoms with Crippen molar-refractivity contribution in [3.8, 4) is 0 Å². The van der Waals surface area contributed by atoms with Gasteiger partial charge in [-0.05, 0) is 12.8 Å². The summed E-state index contributed by atoms with van der Waals surface area (Å²) in [4.78, 5) is 6.76. The Hall–Kier alpha value is -0.610. The van der Waals surface area contributed by atoms with Gasteiger partial charge in [-0.15, -0.1) is 0 Å². The van der Waals surface area contributed by atoms with E-state index < -0.39 is 0 Å². The molecule has 0 aromatic heterocycles. The van der Waals surface area contributed by atoms with Crippen molar-refractivity contribution in [1.29, 1.82) is 0 Å². The van der Waals surface area contributed by atoms with Crippen LogP contribution in [0.2, 0.25) is 0 Å². The summed E-state index contributed by atoms with van der Waals surface area (Å²) in [5.41, 5.74) is 5.72. The third-order valence-corrected chi connectivity index (χ3v) is 2.56. The molecule has 0 unspecified atom stereocenters. The molecule has 1 aliphatic heterocycles. The van der Waals surface area contributed by atoms with Crippen LogP contribution in [0, 0.1) is 0 Å². The summed E-state index contributed by atoms with van der Waals surface area (Å²) in [6, 6.07) is 0. The minimum atomic E-state index is 0.805. The lowest BCUT2D eigenvalue weighted by Crippen LogP contribution is -2.37. The molecule has 0 aliphatic carbocycles. The fraction of sp³-hybridized carbons (Fsp3) is 0.909. The lowest BCUT2D eigenvalue weighted by molar-refractivity contribution is 0.0377. The summed E-state index contributed by atoms with van der Waals surface area (Å²) in [5, 5.41) is 0. The summed E-state index contributed by atoms with van der Waals surface area (Å²) < 4.78 is 5.29. The highest BCUT2D eigenvalue weighted by Crippen LogP contribution is 1.98. The predicted octanol–water partition coefficient (Wildman–Crippen LogP) is 0.866. The summed E-state index contributed by atoms with van der Waals surface area (Å²) in [7, 11) is 0. The van der Waals surface area contributed by atoms with Gasteiger partial charge in [0.15, 0.2) is 0 Å². The quantitative estimate of drug-likeness (QED) is 0.404. The number of rotatable bonds is 6. The predicted molar refractivity (Wildman–Crippen MR) is 63.3 cm³/mol. The topological polar surface area (TPSA) is 50.8 Å². The lowest BCUT2D eigenvalue weighted by atomic mass is 10.3. The van der Waals surface area contributed by atoms with Gasteiger partial charge >= 0.3 is 0 Å². The molecule has 0 aromatic rings. The standard InChI is InChI=1S/C11H23N3O/c1-2-4-11(12)13-5-3-6-14-7-9-15-10-8-14/h2-10H2,1H3,(H2,12,13). The van der Waals surface area contributed by atoms with Crippen LogP contribution in [0.4, 0.5) is 0 Å². The first-order valence-corrected chi connectivity index (χ1v) is 5.92. The van der Waals surface area contributed by atoms with Crippen LogP contribution in [0.15, 0.2) is 4.99 Å². The highest BCUT2D eigenvalue weighted by molar-refractivity contribution is 5.80. The van der Waals surface area contributed by atoms with Gasteiger partial charge in [0.1, 0.15) is 0 Å². The maximum atomic E-state index is 5.72. The summed E-state index contributed by atoms with van der Waals surface area (Å²) in [5.74, 6) is 0.805. The molecular weight excluding hydrogens is 190 g/mol. The molecule has 1 heterocycles. The van der Waals surface area contributed by atoms with Crippen LogP contribution in [0.5, 0.6) is 0 Å². The Kier molecular flexibility index (Phi) is 6.36. The van der Waals surface area contributed by atoms with E-state index in [9.17, 15) is 0 Å². The van der Waals surface area contributed by atoms with E-state index in [1.165, 1.54) is 0 Å². The smallest absolute Gasteiger partial charge is 0.0936 e. The number of hydrogen-bond acceptors (Lipinski definition) is 3. The Labute approximate surface area is 92.5 Å². The molecule has 0 radical (unpaired) electrons. The fourth-order valence-electron chi connectivity index (χ4n) is 1.68. The van der Waals surface area contributed by atoms with E-state index in [2.05, 4.69) is 16.8 Å². The Bertz CT molecular complexity index is 188. The number of ether oxygens (including phenoxy) is 1. The summed E-state index contributed by atoms with van der Waals surface area (Å²) in [6.45, 7) is 7.98. The number of hydrogen-bond donors (Lipinski definition) is 1. The molecule has 0 bridgehead atoms. The molecule has 0 aromatic carbocycles. The molecule has 1 aliphatic rings. The van der Waals surface area contributed by atoms with Gasteiger partial charge in [-0.3, -0.25) is 9.89 Å². The normalized spacial score (nSPS) is 19.4. The molecule has 1 rings (SSSR count). The molecule has 1 saturated heterocycles. The van der Waals surface area contributed by atoms with Crippen LogP contribution in [0.1, 0.15) is 26.2 Å². The first-order valence-electron chi connectivity index (χ1n) is 5.92. The highest BCUT2D eigenvalue weighted by atomic mass is 16.5. The van der Waals surface area contributed by atoms with Gasteiger partial charge in [-0.1, -0.05) is 6.92 Å². The van der Waals surface area contributed by atoms with Gasteiger partial charge in [0.2, 0.25) is 0 Å².